The second kappa shape index (κ2) is 11.1. The standard InChI is InChI=1S/C29H28ClN3O4S/c30-27-24(6-1-8-25(27)34)19-32-15-4-16-33(18-17-32)29(35)23-12-10-21(11-13-23)20-38(36,37)26-9-2-5-22-7-3-14-31-28(22)26/h1-3,5-14,34H,4,15-20H2. The summed E-state index contributed by atoms with van der Waals surface area (Å²) in [4.78, 5) is 21.7. The summed E-state index contributed by atoms with van der Waals surface area (Å²) in [6.45, 7) is 3.31. The Kier molecular flexibility index (Phi) is 7.65. The van der Waals surface area contributed by atoms with Gasteiger partial charge in [-0.05, 0) is 47.9 Å². The van der Waals surface area contributed by atoms with Gasteiger partial charge in [-0.25, -0.2) is 8.42 Å². The van der Waals surface area contributed by atoms with E-state index >= 15 is 0 Å². The fourth-order valence-electron chi connectivity index (χ4n) is 4.81. The lowest BCUT2D eigenvalue weighted by molar-refractivity contribution is 0.0761. The Morgan fingerprint density at radius 1 is 0.921 bits per heavy atom. The van der Waals surface area contributed by atoms with Crippen LogP contribution in [0.3, 0.4) is 0 Å². The van der Waals surface area contributed by atoms with E-state index in [1.807, 2.05) is 23.1 Å². The van der Waals surface area contributed by atoms with Crippen LogP contribution in [0, 0.1) is 0 Å². The molecule has 1 N–H and O–H groups in total. The predicted octanol–water partition coefficient (Wildman–Crippen LogP) is 4.92. The van der Waals surface area contributed by atoms with Gasteiger partial charge in [0.2, 0.25) is 0 Å². The van der Waals surface area contributed by atoms with E-state index in [2.05, 4.69) is 9.88 Å². The van der Waals surface area contributed by atoms with Crippen LogP contribution in [0.4, 0.5) is 0 Å². The van der Waals surface area contributed by atoms with Crippen molar-refractivity contribution in [3.8, 4) is 5.75 Å². The molecule has 1 aliphatic rings. The Morgan fingerprint density at radius 2 is 1.68 bits per heavy atom. The SMILES string of the molecule is O=C(c1ccc(CS(=O)(=O)c2cccc3cccnc23)cc1)N1CCCN(Cc2cccc(O)c2Cl)CC1. The number of pyridine rings is 1. The second-order valence-electron chi connectivity index (χ2n) is 9.46. The van der Waals surface area contributed by atoms with Crippen molar-refractivity contribution in [2.24, 2.45) is 0 Å². The van der Waals surface area contributed by atoms with Gasteiger partial charge in [-0.3, -0.25) is 14.7 Å². The van der Waals surface area contributed by atoms with Crippen LogP contribution < -0.4 is 0 Å². The van der Waals surface area contributed by atoms with E-state index < -0.39 is 9.84 Å². The summed E-state index contributed by atoms with van der Waals surface area (Å²) < 4.78 is 26.4. The normalized spacial score (nSPS) is 14.9. The van der Waals surface area contributed by atoms with Crippen LogP contribution in [0.15, 0.2) is 83.9 Å². The number of rotatable bonds is 6. The van der Waals surface area contributed by atoms with E-state index in [-0.39, 0.29) is 22.3 Å². The van der Waals surface area contributed by atoms with Gasteiger partial charge in [0.1, 0.15) is 5.75 Å². The van der Waals surface area contributed by atoms with Gasteiger partial charge in [0.15, 0.2) is 9.84 Å². The zero-order valence-electron chi connectivity index (χ0n) is 20.8. The highest BCUT2D eigenvalue weighted by molar-refractivity contribution is 7.90. The first-order valence-electron chi connectivity index (χ1n) is 12.5. The molecule has 1 aromatic heterocycles. The van der Waals surface area contributed by atoms with Crippen LogP contribution >= 0.6 is 11.6 Å². The number of benzene rings is 3. The molecule has 0 spiro atoms. The number of phenolic OH excluding ortho intramolecular Hbond substituents is 1. The quantitative estimate of drug-likeness (QED) is 0.367. The molecular weight excluding hydrogens is 522 g/mol. The Balaban J connectivity index is 1.23. The number of halogens is 1. The van der Waals surface area contributed by atoms with Crippen molar-refractivity contribution in [2.75, 3.05) is 26.2 Å². The number of fused-ring (bicyclic) bond motifs is 1. The predicted molar refractivity (Wildman–Crippen MR) is 148 cm³/mol. The topological polar surface area (TPSA) is 90.8 Å². The van der Waals surface area contributed by atoms with Gasteiger partial charge in [-0.15, -0.1) is 0 Å². The number of hydrogen-bond acceptors (Lipinski definition) is 6. The van der Waals surface area contributed by atoms with Crippen molar-refractivity contribution in [2.45, 2.75) is 23.6 Å². The minimum absolute atomic E-state index is 0.0702. The van der Waals surface area contributed by atoms with Gasteiger partial charge in [0.25, 0.3) is 5.91 Å². The Hall–Kier alpha value is -3.46. The first-order valence-corrected chi connectivity index (χ1v) is 14.5. The molecule has 7 nitrogen and oxygen atoms in total. The average Bonchev–Trinajstić information content (AvgIpc) is 3.16. The van der Waals surface area contributed by atoms with E-state index in [4.69, 9.17) is 11.6 Å². The molecule has 1 aliphatic heterocycles. The molecular formula is C29H28ClN3O4S. The van der Waals surface area contributed by atoms with E-state index in [0.29, 0.717) is 47.8 Å². The van der Waals surface area contributed by atoms with Crippen LogP contribution in [0.5, 0.6) is 5.75 Å². The van der Waals surface area contributed by atoms with Crippen molar-refractivity contribution in [1.29, 1.82) is 0 Å². The largest absolute Gasteiger partial charge is 0.506 e. The Morgan fingerprint density at radius 3 is 2.50 bits per heavy atom. The minimum Gasteiger partial charge on any atom is -0.506 e. The smallest absolute Gasteiger partial charge is 0.253 e. The number of sulfone groups is 1. The highest BCUT2D eigenvalue weighted by Gasteiger charge is 2.23. The minimum atomic E-state index is -3.62. The number of amides is 1. The lowest BCUT2D eigenvalue weighted by Crippen LogP contribution is -2.35. The van der Waals surface area contributed by atoms with Crippen molar-refractivity contribution in [3.05, 3.63) is 101 Å². The molecule has 2 heterocycles. The molecule has 0 radical (unpaired) electrons. The molecule has 196 valence electrons. The average molecular weight is 550 g/mol. The lowest BCUT2D eigenvalue weighted by Gasteiger charge is -2.22. The van der Waals surface area contributed by atoms with Crippen LogP contribution in [-0.4, -0.2) is 60.4 Å². The summed E-state index contributed by atoms with van der Waals surface area (Å²) in [5.74, 6) is -0.177. The number of carbonyl (C=O) groups is 1. The highest BCUT2D eigenvalue weighted by Crippen LogP contribution is 2.28. The maximum atomic E-state index is 13.2. The third-order valence-corrected chi connectivity index (χ3v) is 8.97. The van der Waals surface area contributed by atoms with Crippen molar-refractivity contribution in [3.63, 3.8) is 0 Å². The van der Waals surface area contributed by atoms with E-state index in [1.165, 1.54) is 0 Å². The fourth-order valence-corrected chi connectivity index (χ4v) is 6.54. The summed E-state index contributed by atoms with van der Waals surface area (Å²) in [5.41, 5.74) is 2.46. The molecule has 4 aromatic rings. The molecule has 1 saturated heterocycles. The first kappa shape index (κ1) is 26.2. The first-order chi connectivity index (χ1) is 18.3. The Labute approximate surface area is 227 Å². The van der Waals surface area contributed by atoms with Crippen LogP contribution in [-0.2, 0) is 22.1 Å². The number of nitrogens with zero attached hydrogens (tertiary/aromatic N) is 3. The molecule has 1 amide bonds. The van der Waals surface area contributed by atoms with Crippen LogP contribution in [0.25, 0.3) is 10.9 Å². The molecule has 0 unspecified atom stereocenters. The third kappa shape index (κ3) is 5.67. The Bertz CT molecular complexity index is 1570. The van der Waals surface area contributed by atoms with Crippen LogP contribution in [0.1, 0.15) is 27.9 Å². The summed E-state index contributed by atoms with van der Waals surface area (Å²) in [6.07, 6.45) is 2.41. The molecule has 0 atom stereocenters. The number of hydrogen-bond donors (Lipinski definition) is 1. The monoisotopic (exact) mass is 549 g/mol. The fraction of sp³-hybridized carbons (Fsp3) is 0.241. The van der Waals surface area contributed by atoms with Crippen LogP contribution in [0.2, 0.25) is 5.02 Å². The van der Waals surface area contributed by atoms with Gasteiger partial charge in [-0.2, -0.15) is 0 Å². The van der Waals surface area contributed by atoms with E-state index in [9.17, 15) is 18.3 Å². The molecule has 5 rings (SSSR count). The molecule has 9 heteroatoms. The van der Waals surface area contributed by atoms with Gasteiger partial charge in [-0.1, -0.05) is 54.1 Å². The molecule has 3 aromatic carbocycles. The zero-order valence-corrected chi connectivity index (χ0v) is 22.3. The summed E-state index contributed by atoms with van der Waals surface area (Å²) in [7, 11) is -3.62. The maximum Gasteiger partial charge on any atom is 0.253 e. The third-order valence-electron chi connectivity index (χ3n) is 6.82. The molecule has 1 fully saturated rings. The number of carbonyl (C=O) groups excluding carboxylic acids is 1. The number of para-hydroxylation sites is 1. The summed E-state index contributed by atoms with van der Waals surface area (Å²) in [6, 6.07) is 20.8. The molecule has 0 bridgehead atoms. The zero-order chi connectivity index (χ0) is 26.7. The maximum absolute atomic E-state index is 13.2. The lowest BCUT2D eigenvalue weighted by atomic mass is 10.1. The number of aromatic hydroxyl groups is 1. The van der Waals surface area contributed by atoms with Crippen molar-refractivity contribution < 1.29 is 18.3 Å². The van der Waals surface area contributed by atoms with Gasteiger partial charge < -0.3 is 10.0 Å². The van der Waals surface area contributed by atoms with Gasteiger partial charge >= 0.3 is 0 Å². The number of phenols is 1. The second-order valence-corrected chi connectivity index (χ2v) is 11.8. The summed E-state index contributed by atoms with van der Waals surface area (Å²) >= 11 is 6.24. The highest BCUT2D eigenvalue weighted by atomic mass is 35.5. The van der Waals surface area contributed by atoms with Gasteiger partial charge in [0, 0.05) is 49.9 Å². The summed E-state index contributed by atoms with van der Waals surface area (Å²) in [5, 5.41) is 11.0. The molecule has 0 aliphatic carbocycles. The van der Waals surface area contributed by atoms with Gasteiger partial charge in [0.05, 0.1) is 21.2 Å². The number of aromatic nitrogens is 1. The van der Waals surface area contributed by atoms with Crippen molar-refractivity contribution >= 4 is 38.2 Å². The molecule has 38 heavy (non-hydrogen) atoms. The van der Waals surface area contributed by atoms with E-state index in [1.54, 1.807) is 60.8 Å². The molecule has 0 saturated carbocycles. The van der Waals surface area contributed by atoms with Crippen molar-refractivity contribution in [1.82, 2.24) is 14.8 Å². The van der Waals surface area contributed by atoms with E-state index in [0.717, 1.165) is 23.9 Å².